The molecule has 4 nitrogen and oxygen atoms in total. The molecule has 0 saturated heterocycles. The number of nitrogens with zero attached hydrogens (tertiary/aromatic N) is 1. The Hall–Kier alpha value is -3.01. The van der Waals surface area contributed by atoms with Crippen LogP contribution in [0.2, 0.25) is 0 Å². The number of nitrogens with one attached hydrogen (secondary N) is 1. The zero-order chi connectivity index (χ0) is 24.9. The number of benzene rings is 3. The van der Waals surface area contributed by atoms with Crippen molar-refractivity contribution in [3.05, 3.63) is 72.3 Å². The van der Waals surface area contributed by atoms with E-state index in [-0.39, 0.29) is 17.7 Å². The quantitative estimate of drug-likeness (QED) is 0.209. The predicted octanol–water partition coefficient (Wildman–Crippen LogP) is 5.87. The Morgan fingerprint density at radius 3 is 2.46 bits per heavy atom. The van der Waals surface area contributed by atoms with Gasteiger partial charge in [0.1, 0.15) is 0 Å². The number of unbranched alkanes of at least 4 members (excludes halogenated alkanes) is 2. The Morgan fingerprint density at radius 2 is 1.74 bits per heavy atom. The van der Waals surface area contributed by atoms with Gasteiger partial charge in [-0.1, -0.05) is 0 Å². The van der Waals surface area contributed by atoms with Gasteiger partial charge in [-0.15, -0.1) is 0 Å². The van der Waals surface area contributed by atoms with Crippen molar-refractivity contribution >= 4 is 37.3 Å². The van der Waals surface area contributed by atoms with Gasteiger partial charge in [-0.25, -0.2) is 0 Å². The van der Waals surface area contributed by atoms with E-state index >= 15 is 0 Å². The van der Waals surface area contributed by atoms with E-state index in [1.807, 2.05) is 32.0 Å². The van der Waals surface area contributed by atoms with Crippen molar-refractivity contribution in [1.29, 1.82) is 0 Å². The van der Waals surface area contributed by atoms with Gasteiger partial charge in [0.25, 0.3) is 0 Å². The first-order valence-corrected chi connectivity index (χ1v) is 13.2. The van der Waals surface area contributed by atoms with Gasteiger partial charge in [0.05, 0.1) is 0 Å². The summed E-state index contributed by atoms with van der Waals surface area (Å²) < 4.78 is 3.48. The molecule has 1 aromatic heterocycles. The molecule has 35 heavy (non-hydrogen) atoms. The number of hydrogen-bond donors (Lipinski definition) is 2. The van der Waals surface area contributed by atoms with E-state index in [2.05, 4.69) is 75.3 Å². The second-order valence-electron chi connectivity index (χ2n) is 9.44. The third-order valence-electron chi connectivity index (χ3n) is 6.38. The minimum absolute atomic E-state index is 0.128. The summed E-state index contributed by atoms with van der Waals surface area (Å²) in [7, 11) is 0. The topological polar surface area (TPSA) is 54.3 Å². The van der Waals surface area contributed by atoms with E-state index in [1.165, 1.54) is 16.8 Å². The molecule has 0 spiro atoms. The molecular formula is C30H33N2O2Se. The zero-order valence-corrected chi connectivity index (χ0v) is 22.4. The SMILES string of the molecule is Cc1c(-c2ccc(-c3ccccc3)cc2[Se])n(CCCCCC(=O)NC(C)C)c2ccc(O)cc12. The summed E-state index contributed by atoms with van der Waals surface area (Å²) in [5.41, 5.74) is 7.00. The number of aromatic nitrogens is 1. The molecule has 3 aromatic carbocycles. The predicted molar refractivity (Wildman–Crippen MR) is 146 cm³/mol. The number of aryl methyl sites for hydroxylation is 2. The van der Waals surface area contributed by atoms with Crippen LogP contribution in [0.4, 0.5) is 0 Å². The summed E-state index contributed by atoms with van der Waals surface area (Å²) in [4.78, 5) is 12.0. The Balaban J connectivity index is 1.62. The number of hydrogen-bond acceptors (Lipinski definition) is 2. The molecule has 1 amide bonds. The molecule has 0 aliphatic heterocycles. The molecule has 0 atom stereocenters. The second kappa shape index (κ2) is 11.2. The van der Waals surface area contributed by atoms with Crippen LogP contribution in [0.5, 0.6) is 5.75 Å². The van der Waals surface area contributed by atoms with Gasteiger partial charge in [-0.05, 0) is 13.8 Å². The molecule has 0 unspecified atom stereocenters. The van der Waals surface area contributed by atoms with E-state index in [0.717, 1.165) is 52.3 Å². The number of rotatable bonds is 9. The molecule has 1 heterocycles. The normalized spacial score (nSPS) is 11.3. The summed E-state index contributed by atoms with van der Waals surface area (Å²) in [5.74, 6) is 0.409. The van der Waals surface area contributed by atoms with Gasteiger partial charge < -0.3 is 0 Å². The zero-order valence-electron chi connectivity index (χ0n) is 20.7. The first-order valence-electron chi connectivity index (χ1n) is 12.3. The fraction of sp³-hybridized carbons (Fsp3) is 0.300. The average molecular weight is 533 g/mol. The Labute approximate surface area is 216 Å². The van der Waals surface area contributed by atoms with Crippen LogP contribution in [0.25, 0.3) is 33.3 Å². The summed E-state index contributed by atoms with van der Waals surface area (Å²) in [6, 6.07) is 22.8. The Morgan fingerprint density at radius 1 is 0.971 bits per heavy atom. The molecular weight excluding hydrogens is 499 g/mol. The number of carbonyl (C=O) groups is 1. The van der Waals surface area contributed by atoms with Gasteiger partial charge in [-0.2, -0.15) is 0 Å². The van der Waals surface area contributed by atoms with Crippen molar-refractivity contribution in [1.82, 2.24) is 9.88 Å². The van der Waals surface area contributed by atoms with E-state index < -0.39 is 0 Å². The summed E-state index contributed by atoms with van der Waals surface area (Å²) >= 11 is 3.29. The van der Waals surface area contributed by atoms with E-state index in [1.54, 1.807) is 6.07 Å². The Kier molecular flexibility index (Phi) is 8.00. The monoisotopic (exact) mass is 533 g/mol. The average Bonchev–Trinajstić information content (AvgIpc) is 3.09. The molecule has 4 rings (SSSR count). The van der Waals surface area contributed by atoms with Crippen molar-refractivity contribution in [2.75, 3.05) is 0 Å². The number of phenolic OH excluding ortho intramolecular Hbond substituents is 1. The van der Waals surface area contributed by atoms with Crippen molar-refractivity contribution in [3.8, 4) is 28.1 Å². The number of amides is 1. The molecule has 1 radical (unpaired) electrons. The van der Waals surface area contributed by atoms with E-state index in [4.69, 9.17) is 0 Å². The Bertz CT molecular complexity index is 1330. The molecule has 4 aromatic rings. The molecule has 0 saturated carbocycles. The van der Waals surface area contributed by atoms with E-state index in [9.17, 15) is 9.90 Å². The summed E-state index contributed by atoms with van der Waals surface area (Å²) in [5, 5.41) is 14.2. The van der Waals surface area contributed by atoms with Crippen LogP contribution in [0, 0.1) is 6.92 Å². The van der Waals surface area contributed by atoms with Crippen LogP contribution >= 0.6 is 0 Å². The van der Waals surface area contributed by atoms with Gasteiger partial charge >= 0.3 is 203 Å². The van der Waals surface area contributed by atoms with Gasteiger partial charge in [0.15, 0.2) is 0 Å². The fourth-order valence-corrected chi connectivity index (χ4v) is 5.36. The number of aromatic hydroxyl groups is 1. The van der Waals surface area contributed by atoms with Gasteiger partial charge in [0, 0.05) is 0 Å². The second-order valence-corrected chi connectivity index (χ2v) is 10.4. The molecule has 2 N–H and O–H groups in total. The molecule has 5 heteroatoms. The number of carbonyl (C=O) groups excluding carboxylic acids is 1. The first kappa shape index (κ1) is 25.1. The molecule has 0 fully saturated rings. The van der Waals surface area contributed by atoms with Crippen molar-refractivity contribution in [2.45, 2.75) is 59.0 Å². The van der Waals surface area contributed by atoms with Crippen LogP contribution in [-0.2, 0) is 11.3 Å². The van der Waals surface area contributed by atoms with Crippen LogP contribution in [-0.4, -0.2) is 37.6 Å². The van der Waals surface area contributed by atoms with Crippen LogP contribution < -0.4 is 9.78 Å². The van der Waals surface area contributed by atoms with Crippen molar-refractivity contribution < 1.29 is 9.90 Å². The van der Waals surface area contributed by atoms with Gasteiger partial charge in [-0.3, -0.25) is 0 Å². The van der Waals surface area contributed by atoms with Crippen LogP contribution in [0.15, 0.2) is 66.7 Å². The standard InChI is InChI=1S/C30H33N2O2Se/c1-20(2)31-29(34)12-8-5-9-17-32-27-16-14-24(33)19-26(27)21(3)30(32)25-15-13-23(18-28(25)35)22-10-6-4-7-11-22/h4,6-7,10-11,13-16,18-20,33H,5,8-9,12,17H2,1-3H3,(H,31,34). The minimum atomic E-state index is 0.128. The maximum absolute atomic E-state index is 12.0. The summed E-state index contributed by atoms with van der Waals surface area (Å²) in [6.45, 7) is 6.97. The van der Waals surface area contributed by atoms with E-state index in [0.29, 0.717) is 6.42 Å². The molecule has 181 valence electrons. The summed E-state index contributed by atoms with van der Waals surface area (Å²) in [6.07, 6.45) is 3.42. The third kappa shape index (κ3) is 5.80. The van der Waals surface area contributed by atoms with Crippen molar-refractivity contribution in [3.63, 3.8) is 0 Å². The van der Waals surface area contributed by atoms with Crippen LogP contribution in [0.1, 0.15) is 45.1 Å². The maximum atomic E-state index is 12.0. The van der Waals surface area contributed by atoms with Crippen LogP contribution in [0.3, 0.4) is 0 Å². The fourth-order valence-electron chi connectivity index (χ4n) is 4.74. The first-order chi connectivity index (χ1) is 16.8. The van der Waals surface area contributed by atoms with Crippen molar-refractivity contribution in [2.24, 2.45) is 0 Å². The molecule has 0 aliphatic rings. The molecule has 0 aliphatic carbocycles. The number of phenols is 1. The van der Waals surface area contributed by atoms with Gasteiger partial charge in [0.2, 0.25) is 0 Å². The molecule has 0 bridgehead atoms. The number of fused-ring (bicyclic) bond motifs is 1. The third-order valence-corrected chi connectivity index (χ3v) is 7.09.